The molecular formula is C25H26BrN3O3. The van der Waals surface area contributed by atoms with Crippen molar-refractivity contribution in [1.29, 1.82) is 0 Å². The zero-order valence-electron chi connectivity index (χ0n) is 18.5. The van der Waals surface area contributed by atoms with Crippen LogP contribution in [-0.2, 0) is 4.79 Å². The van der Waals surface area contributed by atoms with Crippen LogP contribution in [0.15, 0.2) is 68.6 Å². The Labute approximate surface area is 196 Å². The molecule has 0 unspecified atom stereocenters. The summed E-state index contributed by atoms with van der Waals surface area (Å²) in [5.41, 5.74) is 6.05. The summed E-state index contributed by atoms with van der Waals surface area (Å²) in [6.07, 6.45) is 1.43. The number of benzene rings is 2. The minimum Gasteiger partial charge on any atom is -0.455 e. The number of carbonyl (C=O) groups is 2. The molecule has 0 spiro atoms. The van der Waals surface area contributed by atoms with E-state index in [0.717, 1.165) is 21.2 Å². The van der Waals surface area contributed by atoms with Gasteiger partial charge < -0.3 is 9.73 Å². The number of hydrazone groups is 1. The molecule has 2 amide bonds. The third-order valence-electron chi connectivity index (χ3n) is 4.90. The third-order valence-corrected chi connectivity index (χ3v) is 5.56. The van der Waals surface area contributed by atoms with E-state index < -0.39 is 11.9 Å². The Morgan fingerprint density at radius 1 is 1.03 bits per heavy atom. The maximum absolute atomic E-state index is 12.6. The van der Waals surface area contributed by atoms with Crippen LogP contribution in [0, 0.1) is 19.8 Å². The lowest BCUT2D eigenvalue weighted by atomic mass is 10.0. The van der Waals surface area contributed by atoms with E-state index in [1.165, 1.54) is 6.21 Å². The van der Waals surface area contributed by atoms with Crippen molar-refractivity contribution < 1.29 is 14.0 Å². The highest BCUT2D eigenvalue weighted by atomic mass is 79.9. The van der Waals surface area contributed by atoms with Gasteiger partial charge in [0.25, 0.3) is 11.8 Å². The maximum Gasteiger partial charge on any atom is 0.262 e. The standard InChI is InChI=1S/C25H26BrN3O3/c1-15(2)23(28-24(30)18-7-5-6-16(3)12-18)25(31)29-27-14-19-9-11-22(32-19)20-10-8-17(4)13-21(20)26/h5-15,23H,1-4H3,(H,28,30)(H,29,31)/b27-14+/t23-/m0/s1. The average Bonchev–Trinajstić information content (AvgIpc) is 3.20. The van der Waals surface area contributed by atoms with Crippen molar-refractivity contribution in [3.8, 4) is 11.3 Å². The van der Waals surface area contributed by atoms with E-state index in [2.05, 4.69) is 31.8 Å². The second-order valence-electron chi connectivity index (χ2n) is 7.98. The monoisotopic (exact) mass is 495 g/mol. The van der Waals surface area contributed by atoms with Gasteiger partial charge >= 0.3 is 0 Å². The smallest absolute Gasteiger partial charge is 0.262 e. The first-order valence-corrected chi connectivity index (χ1v) is 11.1. The molecule has 0 aliphatic rings. The zero-order valence-corrected chi connectivity index (χ0v) is 20.1. The second kappa shape index (κ2) is 10.4. The van der Waals surface area contributed by atoms with E-state index in [9.17, 15) is 9.59 Å². The molecule has 7 heteroatoms. The fourth-order valence-electron chi connectivity index (χ4n) is 3.16. The quantitative estimate of drug-likeness (QED) is 0.347. The third kappa shape index (κ3) is 5.95. The van der Waals surface area contributed by atoms with Gasteiger partial charge in [-0.25, -0.2) is 5.43 Å². The van der Waals surface area contributed by atoms with Gasteiger partial charge in [0.15, 0.2) is 0 Å². The number of hydrogen-bond donors (Lipinski definition) is 2. The van der Waals surface area contributed by atoms with E-state index in [4.69, 9.17) is 4.42 Å². The molecule has 0 saturated heterocycles. The van der Waals surface area contributed by atoms with Crippen molar-refractivity contribution in [2.45, 2.75) is 33.7 Å². The van der Waals surface area contributed by atoms with Gasteiger partial charge in [0.05, 0.1) is 6.21 Å². The fourth-order valence-corrected chi connectivity index (χ4v) is 3.85. The van der Waals surface area contributed by atoms with Crippen LogP contribution in [0.1, 0.15) is 41.1 Å². The second-order valence-corrected chi connectivity index (χ2v) is 8.84. The van der Waals surface area contributed by atoms with Gasteiger partial charge in [-0.1, -0.05) is 53.5 Å². The first-order valence-electron chi connectivity index (χ1n) is 10.3. The van der Waals surface area contributed by atoms with Gasteiger partial charge in [0, 0.05) is 15.6 Å². The highest BCUT2D eigenvalue weighted by Gasteiger charge is 2.24. The predicted molar refractivity (Wildman–Crippen MR) is 130 cm³/mol. The molecule has 1 atom stereocenters. The Morgan fingerprint density at radius 2 is 1.78 bits per heavy atom. The zero-order chi connectivity index (χ0) is 23.3. The van der Waals surface area contributed by atoms with Gasteiger partial charge in [-0.2, -0.15) is 5.10 Å². The molecule has 0 aliphatic heterocycles. The number of nitrogens with zero attached hydrogens (tertiary/aromatic N) is 1. The lowest BCUT2D eigenvalue weighted by Crippen LogP contribution is -2.48. The van der Waals surface area contributed by atoms with Crippen LogP contribution in [0.2, 0.25) is 0 Å². The molecule has 32 heavy (non-hydrogen) atoms. The van der Waals surface area contributed by atoms with Gasteiger partial charge in [-0.05, 0) is 61.7 Å². The summed E-state index contributed by atoms with van der Waals surface area (Å²) >= 11 is 3.55. The summed E-state index contributed by atoms with van der Waals surface area (Å²) in [7, 11) is 0. The molecule has 6 nitrogen and oxygen atoms in total. The number of halogens is 1. The summed E-state index contributed by atoms with van der Waals surface area (Å²) in [5, 5.41) is 6.79. The largest absolute Gasteiger partial charge is 0.455 e. The summed E-state index contributed by atoms with van der Waals surface area (Å²) < 4.78 is 6.75. The van der Waals surface area contributed by atoms with E-state index in [0.29, 0.717) is 17.1 Å². The lowest BCUT2D eigenvalue weighted by Gasteiger charge is -2.20. The molecule has 2 aromatic carbocycles. The molecule has 166 valence electrons. The predicted octanol–water partition coefficient (Wildman–Crippen LogP) is 5.23. The number of rotatable bonds is 7. The highest BCUT2D eigenvalue weighted by Crippen LogP contribution is 2.30. The van der Waals surface area contributed by atoms with Crippen molar-refractivity contribution in [3.05, 3.63) is 81.5 Å². The van der Waals surface area contributed by atoms with E-state index in [-0.39, 0.29) is 11.8 Å². The van der Waals surface area contributed by atoms with Gasteiger partial charge in [0.1, 0.15) is 17.6 Å². The number of nitrogens with one attached hydrogen (secondary N) is 2. The van der Waals surface area contributed by atoms with E-state index in [1.807, 2.05) is 64.1 Å². The topological polar surface area (TPSA) is 83.7 Å². The maximum atomic E-state index is 12.6. The van der Waals surface area contributed by atoms with Crippen molar-refractivity contribution in [3.63, 3.8) is 0 Å². The molecule has 0 aliphatic carbocycles. The Bertz CT molecular complexity index is 1150. The molecular weight excluding hydrogens is 470 g/mol. The molecule has 0 radical (unpaired) electrons. The molecule has 1 heterocycles. The van der Waals surface area contributed by atoms with Gasteiger partial charge in [-0.15, -0.1) is 0 Å². The number of furan rings is 1. The number of amides is 2. The van der Waals surface area contributed by atoms with Gasteiger partial charge in [0.2, 0.25) is 0 Å². The summed E-state index contributed by atoms with van der Waals surface area (Å²) in [6, 6.07) is 16.1. The van der Waals surface area contributed by atoms with Crippen LogP contribution in [-0.4, -0.2) is 24.1 Å². The Hall–Kier alpha value is -3.19. The van der Waals surface area contributed by atoms with Crippen LogP contribution >= 0.6 is 15.9 Å². The van der Waals surface area contributed by atoms with Crippen LogP contribution in [0.25, 0.3) is 11.3 Å². The molecule has 0 fully saturated rings. The number of aryl methyl sites for hydroxylation is 2. The molecule has 0 saturated carbocycles. The average molecular weight is 496 g/mol. The Kier molecular flexibility index (Phi) is 7.64. The summed E-state index contributed by atoms with van der Waals surface area (Å²) in [6.45, 7) is 7.66. The SMILES string of the molecule is Cc1cccc(C(=O)N[C@H](C(=O)N/N=C/c2ccc(-c3ccc(C)cc3Br)o2)C(C)C)c1. The normalized spacial score (nSPS) is 12.2. The summed E-state index contributed by atoms with van der Waals surface area (Å²) in [5.74, 6) is 0.372. The Balaban J connectivity index is 1.64. The summed E-state index contributed by atoms with van der Waals surface area (Å²) in [4.78, 5) is 25.2. The molecule has 0 bridgehead atoms. The van der Waals surface area contributed by atoms with Crippen LogP contribution < -0.4 is 10.7 Å². The lowest BCUT2D eigenvalue weighted by molar-refractivity contribution is -0.123. The van der Waals surface area contributed by atoms with Crippen LogP contribution in [0.4, 0.5) is 0 Å². The van der Waals surface area contributed by atoms with E-state index >= 15 is 0 Å². The number of hydrogen-bond acceptors (Lipinski definition) is 4. The Morgan fingerprint density at radius 3 is 2.47 bits per heavy atom. The van der Waals surface area contributed by atoms with Crippen LogP contribution in [0.5, 0.6) is 0 Å². The minimum absolute atomic E-state index is 0.118. The van der Waals surface area contributed by atoms with Gasteiger partial charge in [-0.3, -0.25) is 9.59 Å². The van der Waals surface area contributed by atoms with Crippen molar-refractivity contribution in [1.82, 2.24) is 10.7 Å². The number of carbonyl (C=O) groups excluding carboxylic acids is 2. The van der Waals surface area contributed by atoms with Crippen molar-refractivity contribution >= 4 is 34.0 Å². The first-order chi connectivity index (χ1) is 15.2. The first kappa shape index (κ1) is 23.5. The van der Waals surface area contributed by atoms with Crippen LogP contribution in [0.3, 0.4) is 0 Å². The minimum atomic E-state index is -0.726. The molecule has 1 aromatic heterocycles. The molecule has 2 N–H and O–H groups in total. The molecule has 3 aromatic rings. The van der Waals surface area contributed by atoms with E-state index in [1.54, 1.807) is 18.2 Å². The van der Waals surface area contributed by atoms with Crippen molar-refractivity contribution in [2.75, 3.05) is 0 Å². The fraction of sp³-hybridized carbons (Fsp3) is 0.240. The van der Waals surface area contributed by atoms with Crippen molar-refractivity contribution in [2.24, 2.45) is 11.0 Å². The highest BCUT2D eigenvalue weighted by molar-refractivity contribution is 9.10. The molecule has 3 rings (SSSR count).